The Morgan fingerprint density at radius 1 is 1.42 bits per heavy atom. The lowest BCUT2D eigenvalue weighted by Crippen LogP contribution is -2.25. The standard InChI is InChI=1S/C18H18N2O6/c1-3-24-18(23)15-10(2)26-17(20)13(8-19)16(15)11-5-4-6-12(7-11)25-9-14(21)22/h4-7,16H,3,9,20H2,1-2H3,(H,21,22). The van der Waals surface area contributed by atoms with E-state index >= 15 is 0 Å². The Morgan fingerprint density at radius 3 is 2.77 bits per heavy atom. The van der Waals surface area contributed by atoms with Gasteiger partial charge in [-0.25, -0.2) is 9.59 Å². The zero-order chi connectivity index (χ0) is 19.3. The summed E-state index contributed by atoms with van der Waals surface area (Å²) in [6, 6.07) is 8.41. The van der Waals surface area contributed by atoms with Crippen molar-refractivity contribution < 1.29 is 28.9 Å². The van der Waals surface area contributed by atoms with Crippen LogP contribution in [-0.4, -0.2) is 30.3 Å². The van der Waals surface area contributed by atoms with Crippen molar-refractivity contribution >= 4 is 11.9 Å². The summed E-state index contributed by atoms with van der Waals surface area (Å²) in [7, 11) is 0. The minimum absolute atomic E-state index is 0.0639. The maximum absolute atomic E-state index is 12.4. The van der Waals surface area contributed by atoms with E-state index in [1.54, 1.807) is 38.1 Å². The second-order valence-corrected chi connectivity index (χ2v) is 5.37. The van der Waals surface area contributed by atoms with Gasteiger partial charge in [-0.1, -0.05) is 12.1 Å². The number of carboxylic acid groups (broad SMARTS) is 1. The van der Waals surface area contributed by atoms with Crippen LogP contribution in [0.5, 0.6) is 5.75 Å². The smallest absolute Gasteiger partial charge is 0.341 e. The Bertz CT molecular complexity index is 834. The van der Waals surface area contributed by atoms with Crippen LogP contribution in [0.3, 0.4) is 0 Å². The second kappa shape index (κ2) is 8.07. The number of hydrogen-bond acceptors (Lipinski definition) is 7. The number of ether oxygens (including phenoxy) is 3. The molecule has 0 bridgehead atoms. The average Bonchev–Trinajstić information content (AvgIpc) is 2.59. The number of nitrogens with two attached hydrogens (primary N) is 1. The summed E-state index contributed by atoms with van der Waals surface area (Å²) < 4.78 is 15.6. The van der Waals surface area contributed by atoms with Crippen molar-refractivity contribution in [1.29, 1.82) is 5.26 Å². The van der Waals surface area contributed by atoms with Crippen LogP contribution in [0.1, 0.15) is 25.3 Å². The largest absolute Gasteiger partial charge is 0.482 e. The lowest BCUT2D eigenvalue weighted by Gasteiger charge is -2.27. The van der Waals surface area contributed by atoms with E-state index in [1.807, 2.05) is 6.07 Å². The molecule has 136 valence electrons. The minimum atomic E-state index is -1.12. The molecule has 1 aliphatic rings. The van der Waals surface area contributed by atoms with E-state index in [-0.39, 0.29) is 35.1 Å². The van der Waals surface area contributed by atoms with Crippen LogP contribution in [-0.2, 0) is 19.1 Å². The van der Waals surface area contributed by atoms with E-state index in [0.717, 1.165) is 0 Å². The van der Waals surface area contributed by atoms with Gasteiger partial charge in [0.25, 0.3) is 0 Å². The van der Waals surface area contributed by atoms with Crippen molar-refractivity contribution in [3.8, 4) is 11.8 Å². The molecule has 1 aromatic rings. The van der Waals surface area contributed by atoms with Crippen LogP contribution in [0.2, 0.25) is 0 Å². The summed E-state index contributed by atoms with van der Waals surface area (Å²) in [4.78, 5) is 23.1. The molecular formula is C18H18N2O6. The number of nitrogens with zero attached hydrogens (tertiary/aromatic N) is 1. The van der Waals surface area contributed by atoms with Gasteiger partial charge in [-0.3, -0.25) is 0 Å². The molecule has 0 saturated heterocycles. The molecule has 0 radical (unpaired) electrons. The topological polar surface area (TPSA) is 132 Å². The summed E-state index contributed by atoms with van der Waals surface area (Å²) in [6.07, 6.45) is 0. The van der Waals surface area contributed by atoms with Crippen molar-refractivity contribution in [3.63, 3.8) is 0 Å². The molecule has 0 amide bonds. The highest BCUT2D eigenvalue weighted by Gasteiger charge is 2.36. The van der Waals surface area contributed by atoms with Crippen LogP contribution >= 0.6 is 0 Å². The van der Waals surface area contributed by atoms with Crippen LogP contribution < -0.4 is 10.5 Å². The molecule has 0 aliphatic carbocycles. The fourth-order valence-electron chi connectivity index (χ4n) is 2.62. The van der Waals surface area contributed by atoms with Gasteiger partial charge in [0, 0.05) is 0 Å². The lowest BCUT2D eigenvalue weighted by molar-refractivity contribution is -0.140. The maximum Gasteiger partial charge on any atom is 0.341 e. The lowest BCUT2D eigenvalue weighted by atomic mass is 9.83. The molecule has 8 nitrogen and oxygen atoms in total. The van der Waals surface area contributed by atoms with Crippen LogP contribution in [0.4, 0.5) is 0 Å². The number of benzene rings is 1. The molecule has 1 aromatic carbocycles. The molecule has 3 N–H and O–H groups in total. The molecule has 2 rings (SSSR count). The zero-order valence-corrected chi connectivity index (χ0v) is 14.3. The summed E-state index contributed by atoms with van der Waals surface area (Å²) in [6.45, 7) is 2.87. The molecular weight excluding hydrogens is 340 g/mol. The summed E-state index contributed by atoms with van der Waals surface area (Å²) in [5.74, 6) is -2.12. The third-order valence-electron chi connectivity index (χ3n) is 3.65. The SMILES string of the molecule is CCOC(=O)C1=C(C)OC(N)=C(C#N)C1c1cccc(OCC(=O)O)c1. The first-order valence-electron chi connectivity index (χ1n) is 7.79. The summed E-state index contributed by atoms with van der Waals surface area (Å²) in [5.41, 5.74) is 6.57. The van der Waals surface area contributed by atoms with Crippen LogP contribution in [0.25, 0.3) is 0 Å². The molecule has 1 atom stereocenters. The van der Waals surface area contributed by atoms with Crippen molar-refractivity contribution in [2.75, 3.05) is 13.2 Å². The number of carbonyl (C=O) groups is 2. The number of aliphatic carboxylic acids is 1. The fraction of sp³-hybridized carbons (Fsp3) is 0.278. The Balaban J connectivity index is 2.51. The molecule has 0 aromatic heterocycles. The van der Waals surface area contributed by atoms with Gasteiger partial charge in [-0.05, 0) is 31.5 Å². The van der Waals surface area contributed by atoms with Crippen LogP contribution in [0.15, 0.2) is 47.1 Å². The quantitative estimate of drug-likeness (QED) is 0.736. The van der Waals surface area contributed by atoms with Crippen molar-refractivity contribution in [2.45, 2.75) is 19.8 Å². The molecule has 8 heteroatoms. The minimum Gasteiger partial charge on any atom is -0.482 e. The highest BCUT2D eigenvalue weighted by atomic mass is 16.5. The van der Waals surface area contributed by atoms with Gasteiger partial charge >= 0.3 is 11.9 Å². The van der Waals surface area contributed by atoms with Gasteiger partial charge in [-0.15, -0.1) is 0 Å². The van der Waals surface area contributed by atoms with Gasteiger partial charge < -0.3 is 25.1 Å². The number of hydrogen-bond donors (Lipinski definition) is 2. The van der Waals surface area contributed by atoms with E-state index in [0.29, 0.717) is 5.56 Å². The van der Waals surface area contributed by atoms with E-state index in [9.17, 15) is 14.9 Å². The van der Waals surface area contributed by atoms with E-state index in [4.69, 9.17) is 25.1 Å². The Morgan fingerprint density at radius 2 is 2.15 bits per heavy atom. The molecule has 26 heavy (non-hydrogen) atoms. The molecule has 0 fully saturated rings. The summed E-state index contributed by atoms with van der Waals surface area (Å²) in [5, 5.41) is 18.2. The number of esters is 1. The molecule has 1 aliphatic heterocycles. The second-order valence-electron chi connectivity index (χ2n) is 5.37. The van der Waals surface area contributed by atoms with Gasteiger partial charge in [0.2, 0.25) is 5.88 Å². The normalized spacial score (nSPS) is 16.6. The number of carbonyl (C=O) groups excluding carboxylic acids is 1. The van der Waals surface area contributed by atoms with Crippen molar-refractivity contribution in [2.24, 2.45) is 5.73 Å². The van der Waals surface area contributed by atoms with E-state index in [2.05, 4.69) is 0 Å². The van der Waals surface area contributed by atoms with E-state index < -0.39 is 24.5 Å². The molecule has 1 unspecified atom stereocenters. The molecule has 1 heterocycles. The Labute approximate surface area is 150 Å². The van der Waals surface area contributed by atoms with Gasteiger partial charge in [0.05, 0.1) is 18.1 Å². The van der Waals surface area contributed by atoms with Gasteiger partial charge in [0.15, 0.2) is 6.61 Å². The maximum atomic E-state index is 12.4. The Hall–Kier alpha value is -3.47. The van der Waals surface area contributed by atoms with Crippen molar-refractivity contribution in [1.82, 2.24) is 0 Å². The van der Waals surface area contributed by atoms with E-state index in [1.165, 1.54) is 0 Å². The monoisotopic (exact) mass is 358 g/mol. The molecule has 0 saturated carbocycles. The predicted octanol–water partition coefficient (Wildman–Crippen LogP) is 1.79. The first-order valence-corrected chi connectivity index (χ1v) is 7.79. The van der Waals surface area contributed by atoms with Gasteiger partial charge in [0.1, 0.15) is 23.2 Å². The number of allylic oxidation sites excluding steroid dienone is 2. The number of rotatable bonds is 6. The first-order chi connectivity index (χ1) is 12.4. The first kappa shape index (κ1) is 18.9. The van der Waals surface area contributed by atoms with Gasteiger partial charge in [-0.2, -0.15) is 5.26 Å². The van der Waals surface area contributed by atoms with Crippen LogP contribution in [0, 0.1) is 11.3 Å². The third-order valence-corrected chi connectivity index (χ3v) is 3.65. The highest BCUT2D eigenvalue weighted by molar-refractivity contribution is 5.92. The fourth-order valence-corrected chi connectivity index (χ4v) is 2.62. The van der Waals surface area contributed by atoms with Crippen molar-refractivity contribution in [3.05, 3.63) is 52.6 Å². The Kier molecular flexibility index (Phi) is 5.86. The zero-order valence-electron chi connectivity index (χ0n) is 14.3. The third kappa shape index (κ3) is 3.95. The number of carboxylic acids is 1. The highest BCUT2D eigenvalue weighted by Crippen LogP contribution is 2.40. The predicted molar refractivity (Wildman–Crippen MR) is 89.6 cm³/mol. The summed E-state index contributed by atoms with van der Waals surface area (Å²) >= 11 is 0. The average molecular weight is 358 g/mol. The number of nitriles is 1. The molecule has 0 spiro atoms.